The molecule has 0 radical (unpaired) electrons. The van der Waals surface area contributed by atoms with Crippen LogP contribution in [0.25, 0.3) is 0 Å². The normalized spacial score (nSPS) is 16.8. The number of nitrogens with zero attached hydrogens (tertiary/aromatic N) is 1. The highest BCUT2D eigenvalue weighted by Gasteiger charge is 2.40. The fourth-order valence-electron chi connectivity index (χ4n) is 7.00. The van der Waals surface area contributed by atoms with Crippen LogP contribution in [0.4, 0.5) is 5.69 Å². The Bertz CT molecular complexity index is 2000. The van der Waals surface area contributed by atoms with Gasteiger partial charge >= 0.3 is 23.9 Å². The van der Waals surface area contributed by atoms with E-state index in [0.717, 1.165) is 11.1 Å². The lowest BCUT2D eigenvalue weighted by atomic mass is 9.80. The lowest BCUT2D eigenvalue weighted by molar-refractivity contribution is -0.146. The van der Waals surface area contributed by atoms with Crippen LogP contribution in [-0.4, -0.2) is 93.6 Å². The number of nitrogens with two attached hydrogens (primary N) is 1. The predicted molar refractivity (Wildman–Crippen MR) is 222 cm³/mol. The first kappa shape index (κ1) is 46.2. The molecule has 0 fully saturated rings. The Hall–Kier alpha value is -5.54. The zero-order valence-electron chi connectivity index (χ0n) is 33.8. The molecule has 3 aromatic carbocycles. The van der Waals surface area contributed by atoms with Gasteiger partial charge in [0.25, 0.3) is 0 Å². The Labute approximate surface area is 349 Å². The van der Waals surface area contributed by atoms with E-state index < -0.39 is 48.4 Å². The highest BCUT2D eigenvalue weighted by atomic mass is 35.5. The number of halogens is 1. The number of allylic oxidation sites excluding steroid dienone is 1. The first-order valence-electron chi connectivity index (χ1n) is 19.5. The number of aryl methyl sites for hydroxylation is 2. The number of dihydropyridines is 1. The van der Waals surface area contributed by atoms with Crippen LogP contribution in [-0.2, 0) is 55.8 Å². The van der Waals surface area contributed by atoms with Gasteiger partial charge in [0.1, 0.15) is 12.6 Å². The summed E-state index contributed by atoms with van der Waals surface area (Å²) in [6, 6.07) is 22.8. The average Bonchev–Trinajstić information content (AvgIpc) is 3.35. The molecule has 0 aliphatic carbocycles. The molecule has 0 bridgehead atoms. The molecule has 2 heterocycles. The van der Waals surface area contributed by atoms with Crippen molar-refractivity contribution in [2.45, 2.75) is 64.5 Å². The number of esters is 3. The molecule has 2 aliphatic rings. The third-order valence-corrected chi connectivity index (χ3v) is 9.99. The number of carboxylic acids is 1. The van der Waals surface area contributed by atoms with Crippen molar-refractivity contribution in [3.8, 4) is 0 Å². The lowest BCUT2D eigenvalue weighted by Crippen LogP contribution is -2.53. The van der Waals surface area contributed by atoms with Gasteiger partial charge in [0.05, 0.1) is 62.3 Å². The maximum Gasteiger partial charge on any atom is 0.336 e. The van der Waals surface area contributed by atoms with E-state index in [0.29, 0.717) is 72.1 Å². The Kier molecular flexibility index (Phi) is 18.1. The number of hydrogen-bond acceptors (Lipinski definition) is 12. The third kappa shape index (κ3) is 12.5. The van der Waals surface area contributed by atoms with Crippen molar-refractivity contribution in [1.82, 2.24) is 10.6 Å². The highest BCUT2D eigenvalue weighted by Crippen LogP contribution is 2.42. The molecule has 3 atom stereocenters. The van der Waals surface area contributed by atoms with Crippen molar-refractivity contribution in [1.29, 1.82) is 0 Å². The summed E-state index contributed by atoms with van der Waals surface area (Å²) in [4.78, 5) is 64.1. The standard InChI is InChI=1S/C24H28N2O5.C20H25ClN2O5/c1-2-31-24(30)20(14-12-17-8-4-3-5-9-17)25-19-15-13-18-10-6-7-11-21(18)26(23(19)29)16-22(27)28;1-4-28-20(25)18-15(11-27-10-9-22)23-12(2)16(19(24)26-3)17(18)13-7-5-6-8-14(13)21/h3-11,19-20,25H,2,12-16H2,1H3,(H,27,28);5-8,17,23H,4,9-11,22H2,1-3H3/t19-,20-;/m0./s1. The van der Waals surface area contributed by atoms with Gasteiger partial charge < -0.3 is 35.1 Å². The maximum absolute atomic E-state index is 13.3. The molecular formula is C44H53ClN4O10. The first-order valence-corrected chi connectivity index (χ1v) is 19.9. The SMILES string of the molecule is CCOC(=O)C1=C(COCCN)NC(C)=C(C(=O)OC)C1c1ccccc1Cl.CCOC(=O)[C@H](CCc1ccccc1)N[C@H]1CCc2ccccc2N(CC(=O)O)C1=O. The summed E-state index contributed by atoms with van der Waals surface area (Å²) in [5.74, 6) is -3.70. The molecule has 0 saturated heterocycles. The molecule has 15 heteroatoms. The number of para-hydroxylation sites is 1. The zero-order chi connectivity index (χ0) is 42.9. The van der Waals surface area contributed by atoms with E-state index in [1.165, 1.54) is 12.0 Å². The Balaban J connectivity index is 0.000000262. The molecule has 0 saturated carbocycles. The Morgan fingerprint density at radius 1 is 0.949 bits per heavy atom. The number of fused-ring (bicyclic) bond motifs is 1. The minimum Gasteiger partial charge on any atom is -0.480 e. The number of methoxy groups -OCH3 is 1. The van der Waals surface area contributed by atoms with Crippen LogP contribution >= 0.6 is 11.6 Å². The third-order valence-electron chi connectivity index (χ3n) is 9.65. The van der Waals surface area contributed by atoms with Crippen molar-refractivity contribution >= 4 is 47.1 Å². The number of amides is 1. The fourth-order valence-corrected chi connectivity index (χ4v) is 7.24. The fraction of sp³-hybridized carbons (Fsp3) is 0.386. The smallest absolute Gasteiger partial charge is 0.336 e. The number of hydrogen-bond donors (Lipinski definition) is 4. The number of aliphatic carboxylic acids is 1. The second-order valence-corrected chi connectivity index (χ2v) is 14.0. The van der Waals surface area contributed by atoms with E-state index in [-0.39, 0.29) is 31.3 Å². The summed E-state index contributed by atoms with van der Waals surface area (Å²) >= 11 is 6.42. The molecule has 1 unspecified atom stereocenters. The van der Waals surface area contributed by atoms with E-state index in [2.05, 4.69) is 10.6 Å². The van der Waals surface area contributed by atoms with Gasteiger partial charge in [0.2, 0.25) is 5.91 Å². The van der Waals surface area contributed by atoms with Crippen LogP contribution in [0.1, 0.15) is 56.2 Å². The molecule has 0 aromatic heterocycles. The number of benzene rings is 3. The maximum atomic E-state index is 13.3. The van der Waals surface area contributed by atoms with E-state index in [1.54, 1.807) is 57.2 Å². The highest BCUT2D eigenvalue weighted by molar-refractivity contribution is 6.31. The molecule has 59 heavy (non-hydrogen) atoms. The number of ether oxygens (including phenoxy) is 4. The largest absolute Gasteiger partial charge is 0.480 e. The molecule has 1 amide bonds. The van der Waals surface area contributed by atoms with Gasteiger partial charge in [-0.05, 0) is 75.3 Å². The predicted octanol–water partition coefficient (Wildman–Crippen LogP) is 4.84. The number of anilines is 1. The first-order chi connectivity index (χ1) is 28.4. The van der Waals surface area contributed by atoms with Gasteiger partial charge in [-0.3, -0.25) is 24.6 Å². The molecular weight excluding hydrogens is 780 g/mol. The van der Waals surface area contributed by atoms with E-state index in [9.17, 15) is 29.1 Å². The second-order valence-electron chi connectivity index (χ2n) is 13.6. The molecule has 5 N–H and O–H groups in total. The molecule has 14 nitrogen and oxygen atoms in total. The summed E-state index contributed by atoms with van der Waals surface area (Å²) in [5.41, 5.74) is 10.3. The van der Waals surface area contributed by atoms with Crippen molar-refractivity contribution in [2.75, 3.05) is 51.5 Å². The summed E-state index contributed by atoms with van der Waals surface area (Å²) in [7, 11) is 1.29. The number of rotatable bonds is 17. The summed E-state index contributed by atoms with van der Waals surface area (Å²) in [6.07, 6.45) is 2.19. The Morgan fingerprint density at radius 2 is 1.63 bits per heavy atom. The van der Waals surface area contributed by atoms with Gasteiger partial charge in [-0.15, -0.1) is 0 Å². The minimum absolute atomic E-state index is 0.109. The quantitative estimate of drug-likeness (QED) is 0.0821. The van der Waals surface area contributed by atoms with Crippen LogP contribution in [0, 0.1) is 0 Å². The van der Waals surface area contributed by atoms with Crippen molar-refractivity contribution < 1.29 is 48.0 Å². The lowest BCUT2D eigenvalue weighted by Gasteiger charge is -2.31. The number of carboxylic acid groups (broad SMARTS) is 1. The van der Waals surface area contributed by atoms with Gasteiger partial charge in [-0.1, -0.05) is 78.3 Å². The van der Waals surface area contributed by atoms with Crippen LogP contribution < -0.4 is 21.3 Å². The zero-order valence-corrected chi connectivity index (χ0v) is 34.6. The molecule has 0 spiro atoms. The molecule has 3 aromatic rings. The molecule has 316 valence electrons. The number of nitrogens with one attached hydrogen (secondary N) is 2. The topological polar surface area (TPSA) is 196 Å². The van der Waals surface area contributed by atoms with Crippen LogP contribution in [0.5, 0.6) is 0 Å². The van der Waals surface area contributed by atoms with E-state index in [4.69, 9.17) is 36.3 Å². The number of carbonyl (C=O) groups is 5. The van der Waals surface area contributed by atoms with Gasteiger partial charge in [0.15, 0.2) is 0 Å². The van der Waals surface area contributed by atoms with E-state index in [1.807, 2.05) is 42.5 Å². The van der Waals surface area contributed by atoms with Crippen molar-refractivity contribution in [3.63, 3.8) is 0 Å². The number of carbonyl (C=O) groups excluding carboxylic acids is 4. The van der Waals surface area contributed by atoms with Crippen LogP contribution in [0.3, 0.4) is 0 Å². The summed E-state index contributed by atoms with van der Waals surface area (Å²) in [5, 5.41) is 16.1. The van der Waals surface area contributed by atoms with Gasteiger partial charge in [-0.25, -0.2) is 9.59 Å². The van der Waals surface area contributed by atoms with Crippen LogP contribution in [0.2, 0.25) is 5.02 Å². The molecule has 5 rings (SSSR count). The van der Waals surface area contributed by atoms with Gasteiger partial charge in [-0.2, -0.15) is 0 Å². The molecule has 2 aliphatic heterocycles. The second kappa shape index (κ2) is 23.2. The monoisotopic (exact) mass is 832 g/mol. The Morgan fingerprint density at radius 3 is 2.29 bits per heavy atom. The average molecular weight is 833 g/mol. The summed E-state index contributed by atoms with van der Waals surface area (Å²) in [6.45, 7) is 5.98. The van der Waals surface area contributed by atoms with Crippen molar-refractivity contribution in [3.05, 3.63) is 123 Å². The van der Waals surface area contributed by atoms with Crippen molar-refractivity contribution in [2.24, 2.45) is 5.73 Å². The summed E-state index contributed by atoms with van der Waals surface area (Å²) < 4.78 is 21.0. The minimum atomic E-state index is -1.09. The van der Waals surface area contributed by atoms with Crippen LogP contribution in [0.15, 0.2) is 101 Å². The van der Waals surface area contributed by atoms with Gasteiger partial charge in [0, 0.05) is 23.0 Å². The van der Waals surface area contributed by atoms with E-state index >= 15 is 0 Å².